The summed E-state index contributed by atoms with van der Waals surface area (Å²) in [6.45, 7) is 3.66. The second-order valence-corrected chi connectivity index (χ2v) is 4.21. The first-order chi connectivity index (χ1) is 5.74. The van der Waals surface area contributed by atoms with Crippen molar-refractivity contribution in [3.8, 4) is 0 Å². The Hall–Kier alpha value is 0.270. The van der Waals surface area contributed by atoms with Crippen LogP contribution >= 0.6 is 12.6 Å². The van der Waals surface area contributed by atoms with Crippen LogP contribution in [-0.2, 0) is 0 Å². The first-order valence-electron chi connectivity index (χ1n) is 4.73. The molecule has 0 radical (unpaired) electrons. The van der Waals surface area contributed by atoms with Crippen LogP contribution in [0.5, 0.6) is 0 Å². The van der Waals surface area contributed by atoms with Gasteiger partial charge in [-0.25, -0.2) is 0 Å². The standard InChI is InChI=1S/C9H20N2S/c1-10(2)9-3-5-11(6-4-9)7-8-12/h9,12H,3-8H2,1-2H3. The molecule has 2 nitrogen and oxygen atoms in total. The van der Waals surface area contributed by atoms with Crippen molar-refractivity contribution in [2.24, 2.45) is 0 Å². The molecule has 0 aromatic rings. The molecule has 0 N–H and O–H groups in total. The SMILES string of the molecule is CN(C)C1CCN(CCS)CC1. The zero-order valence-corrected chi connectivity index (χ0v) is 9.06. The zero-order valence-electron chi connectivity index (χ0n) is 8.16. The van der Waals surface area contributed by atoms with Crippen molar-refractivity contribution in [3.63, 3.8) is 0 Å². The largest absolute Gasteiger partial charge is 0.306 e. The Labute approximate surface area is 81.3 Å². The van der Waals surface area contributed by atoms with E-state index in [4.69, 9.17) is 0 Å². The Morgan fingerprint density at radius 1 is 1.33 bits per heavy atom. The molecule has 0 atom stereocenters. The van der Waals surface area contributed by atoms with Gasteiger partial charge in [0.25, 0.3) is 0 Å². The molecule has 0 aromatic heterocycles. The van der Waals surface area contributed by atoms with Crippen molar-refractivity contribution in [2.45, 2.75) is 18.9 Å². The minimum absolute atomic E-state index is 0.807. The zero-order chi connectivity index (χ0) is 8.97. The predicted octanol–water partition coefficient (Wildman–Crippen LogP) is 0.942. The molecule has 0 aromatic carbocycles. The van der Waals surface area contributed by atoms with E-state index in [1.54, 1.807) is 0 Å². The van der Waals surface area contributed by atoms with Crippen LogP contribution < -0.4 is 0 Å². The fraction of sp³-hybridized carbons (Fsp3) is 1.00. The van der Waals surface area contributed by atoms with Crippen LogP contribution in [0.4, 0.5) is 0 Å². The van der Waals surface area contributed by atoms with E-state index in [0.717, 1.165) is 18.3 Å². The highest BCUT2D eigenvalue weighted by Crippen LogP contribution is 2.13. The van der Waals surface area contributed by atoms with Crippen molar-refractivity contribution in [2.75, 3.05) is 39.5 Å². The van der Waals surface area contributed by atoms with Crippen LogP contribution in [0.15, 0.2) is 0 Å². The average Bonchev–Trinajstić information content (AvgIpc) is 2.06. The molecule has 3 heteroatoms. The maximum absolute atomic E-state index is 4.24. The smallest absolute Gasteiger partial charge is 0.0113 e. The van der Waals surface area contributed by atoms with E-state index >= 15 is 0 Å². The molecule has 12 heavy (non-hydrogen) atoms. The lowest BCUT2D eigenvalue weighted by atomic mass is 10.0. The Morgan fingerprint density at radius 2 is 1.92 bits per heavy atom. The van der Waals surface area contributed by atoms with Gasteiger partial charge in [-0.15, -0.1) is 0 Å². The molecule has 0 saturated carbocycles. The van der Waals surface area contributed by atoms with Gasteiger partial charge in [-0.2, -0.15) is 12.6 Å². The summed E-state index contributed by atoms with van der Waals surface area (Å²) < 4.78 is 0. The summed E-state index contributed by atoms with van der Waals surface area (Å²) >= 11 is 4.24. The van der Waals surface area contributed by atoms with Crippen LogP contribution in [0.3, 0.4) is 0 Å². The molecular formula is C9H20N2S. The maximum atomic E-state index is 4.24. The number of piperidine rings is 1. The summed E-state index contributed by atoms with van der Waals surface area (Å²) in [5, 5.41) is 0. The molecule has 1 aliphatic heterocycles. The third-order valence-electron chi connectivity index (χ3n) is 2.70. The Kier molecular flexibility index (Phi) is 4.40. The number of hydrogen-bond donors (Lipinski definition) is 1. The normalized spacial score (nSPS) is 22.0. The van der Waals surface area contributed by atoms with Gasteiger partial charge >= 0.3 is 0 Å². The van der Waals surface area contributed by atoms with Crippen LogP contribution in [0.25, 0.3) is 0 Å². The van der Waals surface area contributed by atoms with E-state index in [1.165, 1.54) is 25.9 Å². The van der Waals surface area contributed by atoms with E-state index in [1.807, 2.05) is 0 Å². The van der Waals surface area contributed by atoms with Crippen molar-refractivity contribution in [1.29, 1.82) is 0 Å². The van der Waals surface area contributed by atoms with Gasteiger partial charge in [-0.1, -0.05) is 0 Å². The van der Waals surface area contributed by atoms with E-state index in [-0.39, 0.29) is 0 Å². The molecule has 0 spiro atoms. The lowest BCUT2D eigenvalue weighted by Crippen LogP contribution is -2.42. The summed E-state index contributed by atoms with van der Waals surface area (Å²) in [4.78, 5) is 4.85. The molecule has 1 saturated heterocycles. The van der Waals surface area contributed by atoms with Gasteiger partial charge in [0.1, 0.15) is 0 Å². The van der Waals surface area contributed by atoms with E-state index in [0.29, 0.717) is 0 Å². The lowest BCUT2D eigenvalue weighted by molar-refractivity contribution is 0.151. The summed E-state index contributed by atoms with van der Waals surface area (Å²) in [6, 6.07) is 0.807. The van der Waals surface area contributed by atoms with Gasteiger partial charge in [0.05, 0.1) is 0 Å². The number of thiol groups is 1. The van der Waals surface area contributed by atoms with Gasteiger partial charge < -0.3 is 9.80 Å². The fourth-order valence-corrected chi connectivity index (χ4v) is 2.08. The summed E-state index contributed by atoms with van der Waals surface area (Å²) in [6.07, 6.45) is 2.64. The average molecular weight is 188 g/mol. The molecule has 1 fully saturated rings. The van der Waals surface area contributed by atoms with Crippen LogP contribution in [0.1, 0.15) is 12.8 Å². The van der Waals surface area contributed by atoms with Gasteiger partial charge in [0, 0.05) is 18.3 Å². The minimum atomic E-state index is 0.807. The maximum Gasteiger partial charge on any atom is 0.0113 e. The van der Waals surface area contributed by atoms with E-state index < -0.39 is 0 Å². The highest BCUT2D eigenvalue weighted by Gasteiger charge is 2.19. The second kappa shape index (κ2) is 5.10. The van der Waals surface area contributed by atoms with Crippen LogP contribution in [0.2, 0.25) is 0 Å². The van der Waals surface area contributed by atoms with Gasteiger partial charge in [-0.05, 0) is 40.0 Å². The number of rotatable bonds is 3. The second-order valence-electron chi connectivity index (χ2n) is 3.76. The molecule has 1 rings (SSSR count). The summed E-state index contributed by atoms with van der Waals surface area (Å²) in [7, 11) is 4.36. The molecule has 1 aliphatic rings. The summed E-state index contributed by atoms with van der Waals surface area (Å²) in [5.41, 5.74) is 0. The first kappa shape index (κ1) is 10.4. The number of hydrogen-bond acceptors (Lipinski definition) is 3. The molecule has 0 unspecified atom stereocenters. The lowest BCUT2D eigenvalue weighted by Gasteiger charge is -2.34. The van der Waals surface area contributed by atoms with Gasteiger partial charge in [0.15, 0.2) is 0 Å². The quantitative estimate of drug-likeness (QED) is 0.659. The molecule has 1 heterocycles. The minimum Gasteiger partial charge on any atom is -0.306 e. The van der Waals surface area contributed by atoms with Gasteiger partial charge in [0.2, 0.25) is 0 Å². The molecule has 0 aliphatic carbocycles. The predicted molar refractivity (Wildman–Crippen MR) is 57.0 cm³/mol. The molecule has 0 bridgehead atoms. The van der Waals surface area contributed by atoms with Crippen molar-refractivity contribution >= 4 is 12.6 Å². The molecule has 72 valence electrons. The van der Waals surface area contributed by atoms with Crippen LogP contribution in [-0.4, -0.2) is 55.3 Å². The third-order valence-corrected chi connectivity index (χ3v) is 2.90. The van der Waals surface area contributed by atoms with Gasteiger partial charge in [-0.3, -0.25) is 0 Å². The fourth-order valence-electron chi connectivity index (χ4n) is 1.80. The molecule has 0 amide bonds. The highest BCUT2D eigenvalue weighted by atomic mass is 32.1. The van der Waals surface area contributed by atoms with Crippen LogP contribution in [0, 0.1) is 0 Å². The number of nitrogens with zero attached hydrogens (tertiary/aromatic N) is 2. The highest BCUT2D eigenvalue weighted by molar-refractivity contribution is 7.80. The van der Waals surface area contributed by atoms with Crippen molar-refractivity contribution in [3.05, 3.63) is 0 Å². The Morgan fingerprint density at radius 3 is 2.33 bits per heavy atom. The van der Waals surface area contributed by atoms with E-state index in [9.17, 15) is 0 Å². The summed E-state index contributed by atoms with van der Waals surface area (Å²) in [5.74, 6) is 0.993. The van der Waals surface area contributed by atoms with Crippen molar-refractivity contribution in [1.82, 2.24) is 9.80 Å². The monoisotopic (exact) mass is 188 g/mol. The Bertz CT molecular complexity index is 120. The topological polar surface area (TPSA) is 6.48 Å². The number of likely N-dealkylation sites (tertiary alicyclic amines) is 1. The Balaban J connectivity index is 2.20. The molecular weight excluding hydrogens is 168 g/mol. The van der Waals surface area contributed by atoms with Crippen molar-refractivity contribution < 1.29 is 0 Å². The first-order valence-corrected chi connectivity index (χ1v) is 5.37. The van der Waals surface area contributed by atoms with E-state index in [2.05, 4.69) is 36.5 Å². The third kappa shape index (κ3) is 2.96.